The summed E-state index contributed by atoms with van der Waals surface area (Å²) in [7, 11) is 0. The predicted octanol–water partition coefficient (Wildman–Crippen LogP) is 3.60. The van der Waals surface area contributed by atoms with Crippen molar-refractivity contribution in [1.82, 2.24) is 0 Å². The van der Waals surface area contributed by atoms with E-state index in [1.165, 1.54) is 6.07 Å². The summed E-state index contributed by atoms with van der Waals surface area (Å²) in [6.45, 7) is 0. The third-order valence-electron chi connectivity index (χ3n) is 3.77. The van der Waals surface area contributed by atoms with Gasteiger partial charge in [0.15, 0.2) is 11.6 Å². The first-order valence-electron chi connectivity index (χ1n) is 5.86. The van der Waals surface area contributed by atoms with Gasteiger partial charge in [-0.05, 0) is 44.6 Å². The lowest BCUT2D eigenvalue weighted by molar-refractivity contribution is 0.0482. The lowest BCUT2D eigenvalue weighted by Gasteiger charge is -2.35. The normalized spacial score (nSPS) is 21.9. The molecule has 0 unspecified atom stereocenters. The van der Waals surface area contributed by atoms with Crippen LogP contribution in [-0.2, 0) is 6.42 Å². The van der Waals surface area contributed by atoms with E-state index < -0.39 is 11.6 Å². The van der Waals surface area contributed by atoms with Gasteiger partial charge in [-0.1, -0.05) is 0 Å². The summed E-state index contributed by atoms with van der Waals surface area (Å²) in [4.78, 5) is 0. The van der Waals surface area contributed by atoms with Crippen LogP contribution in [0.4, 0.5) is 8.78 Å². The average Bonchev–Trinajstić information content (AvgIpc) is 2.68. The largest absolute Gasteiger partial charge is 0.484 e. The van der Waals surface area contributed by atoms with Gasteiger partial charge in [0.1, 0.15) is 11.4 Å². The zero-order valence-corrected chi connectivity index (χ0v) is 9.06. The highest BCUT2D eigenvalue weighted by Gasteiger charge is 2.40. The van der Waals surface area contributed by atoms with Gasteiger partial charge in [0, 0.05) is 11.6 Å². The quantitative estimate of drug-likeness (QED) is 0.654. The van der Waals surface area contributed by atoms with Gasteiger partial charge in [-0.3, -0.25) is 0 Å². The van der Waals surface area contributed by atoms with Crippen molar-refractivity contribution in [3.8, 4) is 5.75 Å². The van der Waals surface area contributed by atoms with Crippen LogP contribution in [0.5, 0.6) is 5.75 Å². The third-order valence-corrected chi connectivity index (χ3v) is 3.77. The Bertz CT molecular complexity index is 422. The molecule has 1 aliphatic heterocycles. The fourth-order valence-electron chi connectivity index (χ4n) is 2.92. The van der Waals surface area contributed by atoms with E-state index >= 15 is 0 Å². The topological polar surface area (TPSA) is 9.23 Å². The molecule has 2 aliphatic rings. The van der Waals surface area contributed by atoms with Crippen molar-refractivity contribution in [3.63, 3.8) is 0 Å². The van der Waals surface area contributed by atoms with Crippen molar-refractivity contribution >= 4 is 0 Å². The lowest BCUT2D eigenvalue weighted by Crippen LogP contribution is -2.36. The molecule has 0 aromatic heterocycles. The molecule has 1 aliphatic carbocycles. The van der Waals surface area contributed by atoms with Crippen molar-refractivity contribution in [2.75, 3.05) is 0 Å². The van der Waals surface area contributed by atoms with Gasteiger partial charge < -0.3 is 4.74 Å². The van der Waals surface area contributed by atoms with Crippen LogP contribution in [0.1, 0.15) is 37.7 Å². The minimum absolute atomic E-state index is 0.161. The monoisotopic (exact) mass is 224 g/mol. The zero-order chi connectivity index (χ0) is 11.2. The molecule has 0 bridgehead atoms. The zero-order valence-electron chi connectivity index (χ0n) is 9.06. The SMILES string of the molecule is Fc1cc(F)c2c(c1)CCC1(CCCC1)O2. The van der Waals surface area contributed by atoms with Crippen LogP contribution in [-0.4, -0.2) is 5.60 Å². The van der Waals surface area contributed by atoms with Crippen LogP contribution in [0.15, 0.2) is 12.1 Å². The Morgan fingerprint density at radius 1 is 1.06 bits per heavy atom. The molecule has 0 radical (unpaired) electrons. The number of hydrogen-bond acceptors (Lipinski definition) is 1. The Morgan fingerprint density at radius 3 is 2.56 bits per heavy atom. The Kier molecular flexibility index (Phi) is 2.16. The predicted molar refractivity (Wildman–Crippen MR) is 56.5 cm³/mol. The maximum absolute atomic E-state index is 13.6. The number of rotatable bonds is 0. The van der Waals surface area contributed by atoms with E-state index in [0.29, 0.717) is 5.56 Å². The van der Waals surface area contributed by atoms with Gasteiger partial charge in [0.2, 0.25) is 0 Å². The molecule has 0 atom stereocenters. The van der Waals surface area contributed by atoms with Crippen molar-refractivity contribution in [3.05, 3.63) is 29.3 Å². The second-order valence-electron chi connectivity index (χ2n) is 4.87. The van der Waals surface area contributed by atoms with Crippen molar-refractivity contribution in [2.24, 2.45) is 0 Å². The summed E-state index contributed by atoms with van der Waals surface area (Å²) in [5, 5.41) is 0. The summed E-state index contributed by atoms with van der Waals surface area (Å²) < 4.78 is 32.5. The molecule has 1 spiro atoms. The van der Waals surface area contributed by atoms with E-state index in [2.05, 4.69) is 0 Å². The minimum Gasteiger partial charge on any atom is -0.484 e. The maximum atomic E-state index is 13.6. The van der Waals surface area contributed by atoms with Gasteiger partial charge in [0.25, 0.3) is 0 Å². The van der Waals surface area contributed by atoms with Crippen LogP contribution in [0.3, 0.4) is 0 Å². The molecule has 0 N–H and O–H groups in total. The van der Waals surface area contributed by atoms with Gasteiger partial charge in [-0.25, -0.2) is 8.78 Å². The lowest BCUT2D eigenvalue weighted by atomic mass is 9.89. The Morgan fingerprint density at radius 2 is 1.81 bits per heavy atom. The van der Waals surface area contributed by atoms with Gasteiger partial charge in [-0.2, -0.15) is 0 Å². The molecule has 86 valence electrons. The molecule has 0 amide bonds. The summed E-state index contributed by atoms with van der Waals surface area (Å²) in [6, 6.07) is 2.30. The van der Waals surface area contributed by atoms with Crippen LogP contribution in [0.25, 0.3) is 0 Å². The first kappa shape index (κ1) is 10.1. The molecule has 1 aromatic rings. The van der Waals surface area contributed by atoms with E-state index in [0.717, 1.165) is 44.6 Å². The summed E-state index contributed by atoms with van der Waals surface area (Å²) in [5.74, 6) is -0.780. The number of hydrogen-bond donors (Lipinski definition) is 0. The molecule has 1 heterocycles. The Balaban J connectivity index is 1.99. The minimum atomic E-state index is -0.555. The summed E-state index contributed by atoms with van der Waals surface area (Å²) in [5.41, 5.74) is 0.515. The summed E-state index contributed by atoms with van der Waals surface area (Å²) in [6.07, 6.45) is 5.93. The third kappa shape index (κ3) is 1.49. The second-order valence-corrected chi connectivity index (χ2v) is 4.87. The van der Waals surface area contributed by atoms with Crippen molar-refractivity contribution < 1.29 is 13.5 Å². The first-order chi connectivity index (χ1) is 7.69. The molecule has 1 aromatic carbocycles. The van der Waals surface area contributed by atoms with Crippen LogP contribution >= 0.6 is 0 Å². The average molecular weight is 224 g/mol. The summed E-state index contributed by atoms with van der Waals surface area (Å²) >= 11 is 0. The molecule has 0 saturated heterocycles. The number of aryl methyl sites for hydroxylation is 1. The van der Waals surface area contributed by atoms with Crippen LogP contribution in [0, 0.1) is 11.6 Å². The fraction of sp³-hybridized carbons (Fsp3) is 0.538. The molecule has 1 fully saturated rings. The highest BCUT2D eigenvalue weighted by atomic mass is 19.1. The van der Waals surface area contributed by atoms with Gasteiger partial charge >= 0.3 is 0 Å². The highest BCUT2D eigenvalue weighted by molar-refractivity contribution is 5.38. The Hall–Kier alpha value is -1.12. The van der Waals surface area contributed by atoms with Gasteiger partial charge in [0.05, 0.1) is 0 Å². The van der Waals surface area contributed by atoms with Crippen molar-refractivity contribution in [2.45, 2.75) is 44.1 Å². The first-order valence-corrected chi connectivity index (χ1v) is 5.86. The van der Waals surface area contributed by atoms with Crippen LogP contribution < -0.4 is 4.74 Å². The molecule has 3 heteroatoms. The molecular weight excluding hydrogens is 210 g/mol. The molecule has 1 nitrogen and oxygen atoms in total. The number of benzene rings is 1. The fourth-order valence-corrected chi connectivity index (χ4v) is 2.92. The number of fused-ring (bicyclic) bond motifs is 1. The van der Waals surface area contributed by atoms with E-state index in [1.807, 2.05) is 0 Å². The Labute approximate surface area is 93.4 Å². The number of halogens is 2. The molecular formula is C13H14F2O. The maximum Gasteiger partial charge on any atom is 0.168 e. The van der Waals surface area contributed by atoms with E-state index in [-0.39, 0.29) is 11.4 Å². The van der Waals surface area contributed by atoms with E-state index in [9.17, 15) is 8.78 Å². The smallest absolute Gasteiger partial charge is 0.168 e. The highest BCUT2D eigenvalue weighted by Crippen LogP contribution is 2.44. The van der Waals surface area contributed by atoms with E-state index in [1.54, 1.807) is 0 Å². The van der Waals surface area contributed by atoms with Crippen molar-refractivity contribution in [1.29, 1.82) is 0 Å². The standard InChI is InChI=1S/C13H14F2O/c14-10-7-9-3-6-13(4-1-2-5-13)16-12(9)11(15)8-10/h7-8H,1-6H2. The molecule has 1 saturated carbocycles. The van der Waals surface area contributed by atoms with E-state index in [4.69, 9.17) is 4.74 Å². The number of ether oxygens (including phenoxy) is 1. The molecule has 3 rings (SSSR count). The van der Waals surface area contributed by atoms with Gasteiger partial charge in [-0.15, -0.1) is 0 Å². The van der Waals surface area contributed by atoms with Crippen LogP contribution in [0.2, 0.25) is 0 Å². The second kappa shape index (κ2) is 3.44. The molecule has 16 heavy (non-hydrogen) atoms.